The molecule has 5 nitrogen and oxygen atoms in total. The molecule has 1 aromatic rings. The van der Waals surface area contributed by atoms with E-state index in [2.05, 4.69) is 0 Å². The second-order valence-corrected chi connectivity index (χ2v) is 4.70. The number of rotatable bonds is 6. The predicted molar refractivity (Wildman–Crippen MR) is 74.4 cm³/mol. The average molecular weight is 264 g/mol. The van der Waals surface area contributed by atoms with Gasteiger partial charge in [-0.2, -0.15) is 0 Å². The molecule has 1 aromatic carbocycles. The fourth-order valence-electron chi connectivity index (χ4n) is 1.69. The smallest absolute Gasteiger partial charge is 0.323 e. The third-order valence-electron chi connectivity index (χ3n) is 2.88. The highest BCUT2D eigenvalue weighted by molar-refractivity contribution is 5.81. The fraction of sp³-hybridized carbons (Fsp3) is 0.429. The van der Waals surface area contributed by atoms with Crippen LogP contribution in [0.15, 0.2) is 24.3 Å². The molecule has 1 rings (SSSR count). The zero-order chi connectivity index (χ0) is 14.4. The van der Waals surface area contributed by atoms with Crippen LogP contribution in [0.4, 0.5) is 5.69 Å². The van der Waals surface area contributed by atoms with Gasteiger partial charge in [-0.3, -0.25) is 9.59 Å². The Morgan fingerprint density at radius 1 is 1.11 bits per heavy atom. The summed E-state index contributed by atoms with van der Waals surface area (Å²) in [5.41, 5.74) is 2.18. The molecule has 0 bridgehead atoms. The van der Waals surface area contributed by atoms with Crippen molar-refractivity contribution in [1.82, 2.24) is 4.90 Å². The number of nitrogens with zero attached hydrogens (tertiary/aromatic N) is 2. The Labute approximate surface area is 113 Å². The first kappa shape index (κ1) is 15.0. The van der Waals surface area contributed by atoms with Crippen LogP contribution in [0.1, 0.15) is 12.0 Å². The van der Waals surface area contributed by atoms with Crippen molar-refractivity contribution in [2.45, 2.75) is 12.8 Å². The summed E-state index contributed by atoms with van der Waals surface area (Å²) >= 11 is 0. The Morgan fingerprint density at radius 3 is 2.16 bits per heavy atom. The highest BCUT2D eigenvalue weighted by atomic mass is 16.4. The van der Waals surface area contributed by atoms with Crippen molar-refractivity contribution in [1.29, 1.82) is 0 Å². The van der Waals surface area contributed by atoms with E-state index < -0.39 is 5.97 Å². The van der Waals surface area contributed by atoms with Crippen molar-refractivity contribution >= 4 is 17.6 Å². The van der Waals surface area contributed by atoms with E-state index >= 15 is 0 Å². The van der Waals surface area contributed by atoms with E-state index in [-0.39, 0.29) is 12.5 Å². The molecule has 0 atom stereocenters. The molecule has 0 heterocycles. The van der Waals surface area contributed by atoms with Crippen molar-refractivity contribution in [3.05, 3.63) is 29.8 Å². The molecule has 0 aliphatic heterocycles. The molecule has 1 N–H and O–H groups in total. The van der Waals surface area contributed by atoms with E-state index in [1.807, 2.05) is 43.3 Å². The zero-order valence-corrected chi connectivity index (χ0v) is 11.6. The first-order chi connectivity index (χ1) is 8.90. The zero-order valence-electron chi connectivity index (χ0n) is 11.6. The Kier molecular flexibility index (Phi) is 5.36. The van der Waals surface area contributed by atoms with Gasteiger partial charge in [0.05, 0.1) is 0 Å². The quantitative estimate of drug-likeness (QED) is 0.839. The van der Waals surface area contributed by atoms with Crippen LogP contribution in [-0.4, -0.2) is 49.6 Å². The van der Waals surface area contributed by atoms with Crippen LogP contribution in [0.5, 0.6) is 0 Å². The normalized spacial score (nSPS) is 10.1. The lowest BCUT2D eigenvalue weighted by molar-refractivity contribution is -0.143. The summed E-state index contributed by atoms with van der Waals surface area (Å²) in [7, 11) is 5.45. The number of carboxylic acids is 1. The second kappa shape index (κ2) is 6.78. The molecule has 0 fully saturated rings. The van der Waals surface area contributed by atoms with Gasteiger partial charge in [-0.15, -0.1) is 0 Å². The molecular weight excluding hydrogens is 244 g/mol. The third-order valence-corrected chi connectivity index (χ3v) is 2.88. The third kappa shape index (κ3) is 4.99. The Bertz CT molecular complexity index is 441. The van der Waals surface area contributed by atoms with Crippen molar-refractivity contribution in [2.75, 3.05) is 32.6 Å². The van der Waals surface area contributed by atoms with Crippen LogP contribution >= 0.6 is 0 Å². The topological polar surface area (TPSA) is 60.9 Å². The molecule has 19 heavy (non-hydrogen) atoms. The highest BCUT2D eigenvalue weighted by Gasteiger charge is 2.11. The summed E-state index contributed by atoms with van der Waals surface area (Å²) in [4.78, 5) is 25.4. The molecule has 5 heteroatoms. The lowest BCUT2D eigenvalue weighted by Crippen LogP contribution is -2.32. The second-order valence-electron chi connectivity index (χ2n) is 4.70. The highest BCUT2D eigenvalue weighted by Crippen LogP contribution is 2.13. The molecule has 0 unspecified atom stereocenters. The van der Waals surface area contributed by atoms with Crippen molar-refractivity contribution in [3.63, 3.8) is 0 Å². The van der Waals surface area contributed by atoms with Crippen LogP contribution in [0.25, 0.3) is 0 Å². The molecule has 0 radical (unpaired) electrons. The van der Waals surface area contributed by atoms with E-state index in [1.165, 1.54) is 11.9 Å². The molecule has 0 aliphatic rings. The molecule has 0 spiro atoms. The minimum atomic E-state index is -0.994. The Morgan fingerprint density at radius 2 is 1.68 bits per heavy atom. The largest absolute Gasteiger partial charge is 0.480 e. The van der Waals surface area contributed by atoms with E-state index in [0.717, 1.165) is 11.3 Å². The van der Waals surface area contributed by atoms with E-state index in [4.69, 9.17) is 5.11 Å². The number of aryl methyl sites for hydroxylation is 1. The predicted octanol–water partition coefficient (Wildman–Crippen LogP) is 1.23. The number of carbonyl (C=O) groups is 2. The Balaban J connectivity index is 2.48. The molecule has 104 valence electrons. The first-order valence-corrected chi connectivity index (χ1v) is 6.12. The van der Waals surface area contributed by atoms with Crippen LogP contribution < -0.4 is 4.90 Å². The van der Waals surface area contributed by atoms with Gasteiger partial charge in [0.2, 0.25) is 5.91 Å². The minimum absolute atomic E-state index is 0.154. The van der Waals surface area contributed by atoms with E-state index in [1.54, 1.807) is 0 Å². The molecule has 1 amide bonds. The van der Waals surface area contributed by atoms with Gasteiger partial charge in [0.1, 0.15) is 6.54 Å². The molecule has 0 aliphatic carbocycles. The summed E-state index contributed by atoms with van der Waals surface area (Å²) in [5, 5.41) is 8.60. The number of benzene rings is 1. The number of anilines is 1. The van der Waals surface area contributed by atoms with Crippen molar-refractivity contribution < 1.29 is 14.7 Å². The van der Waals surface area contributed by atoms with Crippen LogP contribution in [0, 0.1) is 0 Å². The maximum Gasteiger partial charge on any atom is 0.323 e. The van der Waals surface area contributed by atoms with Crippen molar-refractivity contribution in [2.24, 2.45) is 0 Å². The SMILES string of the molecule is CN(CC(=O)O)C(=O)CCc1ccc(N(C)C)cc1. The monoisotopic (exact) mass is 264 g/mol. The van der Waals surface area contributed by atoms with Gasteiger partial charge in [0, 0.05) is 33.3 Å². The van der Waals surface area contributed by atoms with Gasteiger partial charge >= 0.3 is 5.97 Å². The van der Waals surface area contributed by atoms with Gasteiger partial charge < -0.3 is 14.9 Å². The van der Waals surface area contributed by atoms with Gasteiger partial charge in [-0.05, 0) is 24.1 Å². The van der Waals surface area contributed by atoms with Crippen LogP contribution in [-0.2, 0) is 16.0 Å². The Hall–Kier alpha value is -2.04. The fourth-order valence-corrected chi connectivity index (χ4v) is 1.69. The minimum Gasteiger partial charge on any atom is -0.480 e. The summed E-state index contributed by atoms with van der Waals surface area (Å²) in [6.45, 7) is -0.252. The molecule has 0 saturated carbocycles. The van der Waals surface area contributed by atoms with Crippen molar-refractivity contribution in [3.8, 4) is 0 Å². The average Bonchev–Trinajstić information content (AvgIpc) is 2.35. The van der Waals surface area contributed by atoms with Gasteiger partial charge in [-0.1, -0.05) is 12.1 Å². The van der Waals surface area contributed by atoms with Crippen LogP contribution in [0.2, 0.25) is 0 Å². The summed E-state index contributed by atoms with van der Waals surface area (Å²) in [5.74, 6) is -1.15. The van der Waals surface area contributed by atoms with E-state index in [0.29, 0.717) is 12.8 Å². The summed E-state index contributed by atoms with van der Waals surface area (Å²) in [6.07, 6.45) is 0.946. The number of carbonyl (C=O) groups excluding carboxylic acids is 1. The number of aliphatic carboxylic acids is 1. The number of hydrogen-bond acceptors (Lipinski definition) is 3. The maximum atomic E-state index is 11.7. The molecular formula is C14H20N2O3. The van der Waals surface area contributed by atoms with Gasteiger partial charge in [0.25, 0.3) is 0 Å². The summed E-state index contributed by atoms with van der Waals surface area (Å²) in [6, 6.07) is 7.97. The standard InChI is InChI=1S/C14H20N2O3/c1-15(2)12-7-4-11(5-8-12)6-9-13(17)16(3)10-14(18)19/h4-5,7-8H,6,9-10H2,1-3H3,(H,18,19). The first-order valence-electron chi connectivity index (χ1n) is 6.12. The number of carboxylic acid groups (broad SMARTS) is 1. The number of likely N-dealkylation sites (N-methyl/N-ethyl adjacent to an activating group) is 1. The summed E-state index contributed by atoms with van der Waals surface area (Å²) < 4.78 is 0. The van der Waals surface area contributed by atoms with Crippen LogP contribution in [0.3, 0.4) is 0 Å². The van der Waals surface area contributed by atoms with E-state index in [9.17, 15) is 9.59 Å². The number of amides is 1. The molecule has 0 aromatic heterocycles. The van der Waals surface area contributed by atoms with Gasteiger partial charge in [-0.25, -0.2) is 0 Å². The van der Waals surface area contributed by atoms with Gasteiger partial charge in [0.15, 0.2) is 0 Å². The molecule has 0 saturated heterocycles. The lowest BCUT2D eigenvalue weighted by atomic mass is 10.1. The lowest BCUT2D eigenvalue weighted by Gasteiger charge is -2.15. The number of hydrogen-bond donors (Lipinski definition) is 1. The maximum absolute atomic E-state index is 11.7.